The monoisotopic (exact) mass is 321 g/mol. The third-order valence-electron chi connectivity index (χ3n) is 3.67. The van der Waals surface area contributed by atoms with Crippen molar-refractivity contribution < 1.29 is 13.9 Å². The van der Waals surface area contributed by atoms with Gasteiger partial charge in [-0.2, -0.15) is 5.26 Å². The number of benzene rings is 2. The fourth-order valence-electron chi connectivity index (χ4n) is 2.42. The summed E-state index contributed by atoms with van der Waals surface area (Å²) in [4.78, 5) is 16.1. The van der Waals surface area contributed by atoms with E-state index in [1.807, 2.05) is 25.1 Å². The van der Waals surface area contributed by atoms with E-state index in [0.717, 1.165) is 11.1 Å². The Kier molecular flexibility index (Phi) is 4.17. The number of rotatable bonds is 4. The molecule has 0 saturated carbocycles. The summed E-state index contributed by atoms with van der Waals surface area (Å²) < 4.78 is 11.0. The molecule has 6 nitrogen and oxygen atoms in total. The van der Waals surface area contributed by atoms with Gasteiger partial charge in [-0.3, -0.25) is 4.79 Å². The Hall–Kier alpha value is -3.33. The molecule has 1 N–H and O–H groups in total. The minimum atomic E-state index is -0.347. The average molecular weight is 321 g/mol. The van der Waals surface area contributed by atoms with Crippen molar-refractivity contribution in [3.8, 4) is 23.3 Å². The van der Waals surface area contributed by atoms with E-state index in [1.165, 1.54) is 0 Å². The van der Waals surface area contributed by atoms with Gasteiger partial charge >= 0.3 is 0 Å². The Morgan fingerprint density at radius 3 is 2.96 bits per heavy atom. The number of hydrogen-bond donors (Lipinski definition) is 1. The maximum atomic E-state index is 11.6. The molecule has 0 unspecified atom stereocenters. The number of nitrogens with zero attached hydrogens (tertiary/aromatic N) is 2. The molecular weight excluding hydrogens is 306 g/mol. The highest BCUT2D eigenvalue weighted by molar-refractivity contribution is 5.93. The number of nitriles is 1. The molecule has 0 radical (unpaired) electrons. The van der Waals surface area contributed by atoms with E-state index < -0.39 is 0 Å². The van der Waals surface area contributed by atoms with E-state index in [-0.39, 0.29) is 12.3 Å². The smallest absolute Gasteiger partial charge is 0.238 e. The van der Waals surface area contributed by atoms with E-state index in [0.29, 0.717) is 28.4 Å². The molecule has 120 valence electrons. The highest BCUT2D eigenvalue weighted by Gasteiger charge is 2.14. The lowest BCUT2D eigenvalue weighted by atomic mass is 10.1. The van der Waals surface area contributed by atoms with Gasteiger partial charge in [-0.15, -0.1) is 0 Å². The van der Waals surface area contributed by atoms with E-state index in [1.54, 1.807) is 31.4 Å². The predicted octanol–water partition coefficient (Wildman–Crippen LogP) is 3.66. The van der Waals surface area contributed by atoms with Gasteiger partial charge in [-0.1, -0.05) is 6.07 Å². The molecule has 1 amide bonds. The number of amides is 1. The summed E-state index contributed by atoms with van der Waals surface area (Å²) in [7, 11) is 1.60. The van der Waals surface area contributed by atoms with Crippen LogP contribution in [0.1, 0.15) is 12.0 Å². The lowest BCUT2D eigenvalue weighted by molar-refractivity contribution is -0.115. The number of oxazole rings is 1. The molecule has 0 aliphatic rings. The zero-order chi connectivity index (χ0) is 17.1. The number of anilines is 1. The number of fused-ring (bicyclic) bond motifs is 1. The number of carbonyl (C=O) groups is 1. The molecule has 1 heterocycles. The summed E-state index contributed by atoms with van der Waals surface area (Å²) in [6, 6.07) is 12.7. The summed E-state index contributed by atoms with van der Waals surface area (Å²) in [5.41, 5.74) is 3.58. The first-order valence-electron chi connectivity index (χ1n) is 7.33. The SMILES string of the molecule is COc1ccc2oc(-c3cccc(NC(=O)CC#N)c3C)nc2c1. The van der Waals surface area contributed by atoms with Crippen molar-refractivity contribution in [3.05, 3.63) is 42.0 Å². The maximum Gasteiger partial charge on any atom is 0.238 e. The molecule has 0 aliphatic carbocycles. The third kappa shape index (κ3) is 2.92. The second kappa shape index (κ2) is 6.42. The number of hydrogen-bond acceptors (Lipinski definition) is 5. The van der Waals surface area contributed by atoms with Crippen LogP contribution in [0.2, 0.25) is 0 Å². The summed E-state index contributed by atoms with van der Waals surface area (Å²) >= 11 is 0. The van der Waals surface area contributed by atoms with Crippen LogP contribution in [0.5, 0.6) is 5.75 Å². The van der Waals surface area contributed by atoms with Crippen molar-refractivity contribution in [3.63, 3.8) is 0 Å². The molecule has 24 heavy (non-hydrogen) atoms. The van der Waals surface area contributed by atoms with E-state index in [2.05, 4.69) is 10.3 Å². The fourth-order valence-corrected chi connectivity index (χ4v) is 2.42. The zero-order valence-corrected chi connectivity index (χ0v) is 13.3. The second-order valence-corrected chi connectivity index (χ2v) is 5.21. The van der Waals surface area contributed by atoms with Gasteiger partial charge in [-0.25, -0.2) is 4.98 Å². The van der Waals surface area contributed by atoms with Gasteiger partial charge in [0.1, 0.15) is 17.7 Å². The van der Waals surface area contributed by atoms with Crippen LogP contribution >= 0.6 is 0 Å². The molecule has 3 rings (SSSR count). The van der Waals surface area contributed by atoms with Crippen molar-refractivity contribution in [2.75, 3.05) is 12.4 Å². The average Bonchev–Trinajstić information content (AvgIpc) is 2.99. The zero-order valence-electron chi connectivity index (χ0n) is 13.3. The van der Waals surface area contributed by atoms with Gasteiger partial charge in [0, 0.05) is 17.3 Å². The van der Waals surface area contributed by atoms with Gasteiger partial charge < -0.3 is 14.5 Å². The predicted molar refractivity (Wildman–Crippen MR) is 89.6 cm³/mol. The van der Waals surface area contributed by atoms with Gasteiger partial charge in [0.15, 0.2) is 5.58 Å². The van der Waals surface area contributed by atoms with Crippen LogP contribution in [0.3, 0.4) is 0 Å². The number of ether oxygens (including phenoxy) is 1. The van der Waals surface area contributed by atoms with Gasteiger partial charge in [-0.05, 0) is 36.8 Å². The van der Waals surface area contributed by atoms with Crippen LogP contribution in [-0.4, -0.2) is 18.0 Å². The highest BCUT2D eigenvalue weighted by atomic mass is 16.5. The van der Waals surface area contributed by atoms with Crippen LogP contribution in [-0.2, 0) is 4.79 Å². The quantitative estimate of drug-likeness (QED) is 0.792. The molecular formula is C18H15N3O3. The maximum absolute atomic E-state index is 11.6. The molecule has 2 aromatic carbocycles. The van der Waals surface area contributed by atoms with Crippen molar-refractivity contribution >= 4 is 22.7 Å². The summed E-state index contributed by atoms with van der Waals surface area (Å²) in [6.07, 6.45) is -0.188. The topological polar surface area (TPSA) is 88.1 Å². The van der Waals surface area contributed by atoms with Crippen molar-refractivity contribution in [1.82, 2.24) is 4.98 Å². The summed E-state index contributed by atoms with van der Waals surface area (Å²) in [5.74, 6) is 0.823. The van der Waals surface area contributed by atoms with Crippen LogP contribution in [0, 0.1) is 18.3 Å². The molecule has 1 aromatic heterocycles. The highest BCUT2D eigenvalue weighted by Crippen LogP contribution is 2.31. The minimum Gasteiger partial charge on any atom is -0.497 e. The number of carbonyl (C=O) groups excluding carboxylic acids is 1. The first kappa shape index (κ1) is 15.6. The number of methoxy groups -OCH3 is 1. The molecule has 6 heteroatoms. The van der Waals surface area contributed by atoms with Gasteiger partial charge in [0.05, 0.1) is 13.2 Å². The molecule has 0 fully saturated rings. The summed E-state index contributed by atoms with van der Waals surface area (Å²) in [6.45, 7) is 1.87. The first-order valence-corrected chi connectivity index (χ1v) is 7.33. The van der Waals surface area contributed by atoms with Crippen molar-refractivity contribution in [1.29, 1.82) is 5.26 Å². The number of aromatic nitrogens is 1. The molecule has 0 atom stereocenters. The molecule has 0 spiro atoms. The Balaban J connectivity index is 2.00. The molecule has 0 aliphatic heterocycles. The van der Waals surface area contributed by atoms with Crippen LogP contribution in [0.25, 0.3) is 22.6 Å². The second-order valence-electron chi connectivity index (χ2n) is 5.21. The Bertz CT molecular complexity index is 954. The Morgan fingerprint density at radius 2 is 2.21 bits per heavy atom. The van der Waals surface area contributed by atoms with Crippen LogP contribution < -0.4 is 10.1 Å². The lowest BCUT2D eigenvalue weighted by Gasteiger charge is -2.09. The van der Waals surface area contributed by atoms with E-state index in [4.69, 9.17) is 14.4 Å². The molecule has 0 saturated heterocycles. The fraction of sp³-hybridized carbons (Fsp3) is 0.167. The lowest BCUT2D eigenvalue weighted by Crippen LogP contribution is -2.11. The first-order chi connectivity index (χ1) is 11.6. The van der Waals surface area contributed by atoms with Gasteiger partial charge in [0.25, 0.3) is 0 Å². The molecule has 0 bridgehead atoms. The number of nitrogens with one attached hydrogen (secondary N) is 1. The largest absolute Gasteiger partial charge is 0.497 e. The van der Waals surface area contributed by atoms with Crippen LogP contribution in [0.15, 0.2) is 40.8 Å². The summed E-state index contributed by atoms with van der Waals surface area (Å²) in [5, 5.41) is 11.3. The third-order valence-corrected chi connectivity index (χ3v) is 3.67. The van der Waals surface area contributed by atoms with Crippen molar-refractivity contribution in [2.24, 2.45) is 0 Å². The van der Waals surface area contributed by atoms with Gasteiger partial charge in [0.2, 0.25) is 11.8 Å². The van der Waals surface area contributed by atoms with Crippen LogP contribution in [0.4, 0.5) is 5.69 Å². The Morgan fingerprint density at radius 1 is 1.38 bits per heavy atom. The normalized spacial score (nSPS) is 10.4. The van der Waals surface area contributed by atoms with Crippen molar-refractivity contribution in [2.45, 2.75) is 13.3 Å². The van der Waals surface area contributed by atoms with E-state index >= 15 is 0 Å². The standard InChI is InChI=1S/C18H15N3O3/c1-11-13(4-3-5-14(11)20-17(22)8-9-19)18-21-15-10-12(23-2)6-7-16(15)24-18/h3-7,10H,8H2,1-2H3,(H,20,22). The van der Waals surface area contributed by atoms with E-state index in [9.17, 15) is 4.79 Å². The Labute approximate surface area is 138 Å². The molecule has 3 aromatic rings. The minimum absolute atomic E-state index is 0.188.